The van der Waals surface area contributed by atoms with Crippen molar-refractivity contribution in [3.8, 4) is 17.1 Å². The summed E-state index contributed by atoms with van der Waals surface area (Å²) in [6.45, 7) is 7.12. The van der Waals surface area contributed by atoms with Crippen LogP contribution in [0.5, 0.6) is 5.88 Å². The van der Waals surface area contributed by atoms with E-state index in [0.29, 0.717) is 22.8 Å². The van der Waals surface area contributed by atoms with Crippen molar-refractivity contribution in [3.63, 3.8) is 0 Å². The lowest BCUT2D eigenvalue weighted by Crippen LogP contribution is -2.27. The maximum atomic E-state index is 14.0. The van der Waals surface area contributed by atoms with Gasteiger partial charge in [0, 0.05) is 29.2 Å². The molecule has 0 saturated heterocycles. The van der Waals surface area contributed by atoms with Crippen LogP contribution in [0.2, 0.25) is 0 Å². The Hall–Kier alpha value is -4.17. The molecule has 2 N–H and O–H groups in total. The van der Waals surface area contributed by atoms with Gasteiger partial charge < -0.3 is 15.2 Å². The third-order valence-electron chi connectivity index (χ3n) is 6.49. The zero-order chi connectivity index (χ0) is 28.2. The van der Waals surface area contributed by atoms with Crippen LogP contribution in [-0.4, -0.2) is 27.1 Å². The van der Waals surface area contributed by atoms with Gasteiger partial charge in [0.15, 0.2) is 0 Å². The van der Waals surface area contributed by atoms with Gasteiger partial charge in [0.25, 0.3) is 5.92 Å². The molecule has 0 bridgehead atoms. The Labute approximate surface area is 226 Å². The molecule has 4 rings (SSSR count). The summed E-state index contributed by atoms with van der Waals surface area (Å²) >= 11 is 0. The van der Waals surface area contributed by atoms with E-state index in [9.17, 15) is 18.7 Å². The summed E-state index contributed by atoms with van der Waals surface area (Å²) in [7, 11) is 0. The number of aliphatic hydroxyl groups is 1. The van der Waals surface area contributed by atoms with Crippen molar-refractivity contribution in [1.82, 2.24) is 9.97 Å². The summed E-state index contributed by atoms with van der Waals surface area (Å²) in [4.78, 5) is 21.4. The van der Waals surface area contributed by atoms with Crippen LogP contribution in [0.15, 0.2) is 79.1 Å². The van der Waals surface area contributed by atoms with Crippen molar-refractivity contribution < 1.29 is 23.4 Å². The quantitative estimate of drug-likeness (QED) is 0.256. The van der Waals surface area contributed by atoms with Gasteiger partial charge in [-0.2, -0.15) is 8.78 Å². The van der Waals surface area contributed by atoms with E-state index in [2.05, 4.69) is 47.3 Å². The van der Waals surface area contributed by atoms with E-state index < -0.39 is 12.0 Å². The maximum Gasteiger partial charge on any atom is 0.298 e. The second-order valence-electron chi connectivity index (χ2n) is 9.63. The number of anilines is 1. The van der Waals surface area contributed by atoms with Crippen LogP contribution in [0.3, 0.4) is 0 Å². The summed E-state index contributed by atoms with van der Waals surface area (Å²) in [6.07, 6.45) is 1.16. The van der Waals surface area contributed by atoms with Crippen LogP contribution in [0.25, 0.3) is 11.3 Å². The molecule has 202 valence electrons. The number of hydrogen-bond acceptors (Lipinski definition) is 5. The number of carbonyl (C=O) groups is 1. The molecule has 0 spiro atoms. The van der Waals surface area contributed by atoms with E-state index in [1.807, 2.05) is 19.1 Å². The number of halogens is 2. The number of amides is 1. The van der Waals surface area contributed by atoms with Gasteiger partial charge in [-0.05, 0) is 56.5 Å². The fourth-order valence-electron chi connectivity index (χ4n) is 4.31. The first-order valence-corrected chi connectivity index (χ1v) is 12.6. The molecule has 39 heavy (non-hydrogen) atoms. The minimum absolute atomic E-state index is 0.0146. The molecule has 0 aliphatic carbocycles. The van der Waals surface area contributed by atoms with Crippen molar-refractivity contribution in [2.24, 2.45) is 0 Å². The van der Waals surface area contributed by atoms with Gasteiger partial charge in [-0.3, -0.25) is 4.79 Å². The van der Waals surface area contributed by atoms with Gasteiger partial charge in [0.1, 0.15) is 17.9 Å². The van der Waals surface area contributed by atoms with Crippen LogP contribution in [-0.2, 0) is 17.1 Å². The van der Waals surface area contributed by atoms with E-state index in [4.69, 9.17) is 4.74 Å². The van der Waals surface area contributed by atoms with Gasteiger partial charge >= 0.3 is 0 Å². The fraction of sp³-hybridized carbons (Fsp3) is 0.258. The number of aryl methyl sites for hydroxylation is 2. The van der Waals surface area contributed by atoms with Crippen LogP contribution < -0.4 is 10.1 Å². The topological polar surface area (TPSA) is 84.3 Å². The average molecular weight is 532 g/mol. The normalized spacial score (nSPS) is 13.0. The number of alkyl halides is 2. The Morgan fingerprint density at radius 3 is 2.28 bits per heavy atom. The van der Waals surface area contributed by atoms with Crippen LogP contribution in [0.4, 0.5) is 14.5 Å². The van der Waals surface area contributed by atoms with E-state index >= 15 is 0 Å². The van der Waals surface area contributed by atoms with Gasteiger partial charge in [0.05, 0.1) is 6.42 Å². The van der Waals surface area contributed by atoms with E-state index in [1.54, 1.807) is 24.5 Å². The SMILES string of the molecule is Cc1ccc([C@@H](C)Oc2nccnc2-c2ccc(NC(=O)Cc3ccc(C(F)(F)[C@H](C)O)cc3)cc2)c(C)c1. The third-order valence-corrected chi connectivity index (χ3v) is 6.49. The highest BCUT2D eigenvalue weighted by molar-refractivity contribution is 5.92. The van der Waals surface area contributed by atoms with Crippen LogP contribution >= 0.6 is 0 Å². The number of aromatic nitrogens is 2. The Morgan fingerprint density at radius 2 is 1.64 bits per heavy atom. The van der Waals surface area contributed by atoms with E-state index in [1.165, 1.54) is 29.8 Å². The standard InChI is InChI=1S/C31H31F2N3O3/c1-19-5-14-27(20(2)17-19)21(3)39-30-29(34-15-16-35-30)24-8-12-26(13-9-24)36-28(38)18-23-6-10-25(11-7-23)31(32,33)22(4)37/h5-17,21-22,37H,18H2,1-4H3,(H,36,38)/t21-,22+/m1/s1. The number of aliphatic hydroxyl groups excluding tert-OH is 1. The van der Waals surface area contributed by atoms with E-state index in [0.717, 1.165) is 23.6 Å². The number of ether oxygens (including phenoxy) is 1. The summed E-state index contributed by atoms with van der Waals surface area (Å²) in [6, 6.07) is 18.8. The fourth-order valence-corrected chi connectivity index (χ4v) is 4.31. The molecular weight excluding hydrogens is 500 g/mol. The molecule has 0 saturated carbocycles. The lowest BCUT2D eigenvalue weighted by Gasteiger charge is -2.19. The van der Waals surface area contributed by atoms with Gasteiger partial charge in [0.2, 0.25) is 11.8 Å². The molecule has 0 radical (unpaired) electrons. The van der Waals surface area contributed by atoms with Gasteiger partial charge in [-0.15, -0.1) is 0 Å². The number of nitrogens with zero attached hydrogens (tertiary/aromatic N) is 2. The lowest BCUT2D eigenvalue weighted by atomic mass is 10.0. The maximum absolute atomic E-state index is 14.0. The van der Waals surface area contributed by atoms with Crippen molar-refractivity contribution in [1.29, 1.82) is 0 Å². The minimum Gasteiger partial charge on any atom is -0.468 e. The summed E-state index contributed by atoms with van der Waals surface area (Å²) in [5, 5.41) is 12.1. The summed E-state index contributed by atoms with van der Waals surface area (Å²) in [5.74, 6) is -3.23. The molecule has 2 atom stereocenters. The molecular formula is C31H31F2N3O3. The van der Waals surface area contributed by atoms with Crippen molar-refractivity contribution >= 4 is 11.6 Å². The first-order valence-electron chi connectivity index (χ1n) is 12.6. The Bertz CT molecular complexity index is 1440. The molecule has 0 aliphatic heterocycles. The van der Waals surface area contributed by atoms with Crippen LogP contribution in [0.1, 0.15) is 47.8 Å². The molecule has 3 aromatic carbocycles. The summed E-state index contributed by atoms with van der Waals surface area (Å²) in [5.41, 5.74) is 5.62. The van der Waals surface area contributed by atoms with Gasteiger partial charge in [-0.1, -0.05) is 60.2 Å². The Morgan fingerprint density at radius 1 is 0.974 bits per heavy atom. The number of hydrogen-bond donors (Lipinski definition) is 2. The molecule has 1 heterocycles. The smallest absolute Gasteiger partial charge is 0.298 e. The first-order chi connectivity index (χ1) is 18.5. The monoisotopic (exact) mass is 531 g/mol. The highest BCUT2D eigenvalue weighted by Crippen LogP contribution is 2.32. The van der Waals surface area contributed by atoms with E-state index in [-0.39, 0.29) is 24.0 Å². The second-order valence-corrected chi connectivity index (χ2v) is 9.63. The second kappa shape index (κ2) is 11.7. The number of carbonyl (C=O) groups excluding carboxylic acids is 1. The van der Waals surface area contributed by atoms with Crippen molar-refractivity contribution in [3.05, 3.63) is 107 Å². The highest BCUT2D eigenvalue weighted by atomic mass is 19.3. The molecule has 0 unspecified atom stereocenters. The average Bonchev–Trinajstić information content (AvgIpc) is 2.89. The van der Waals surface area contributed by atoms with Crippen molar-refractivity contribution in [2.75, 3.05) is 5.32 Å². The van der Waals surface area contributed by atoms with Gasteiger partial charge in [-0.25, -0.2) is 9.97 Å². The summed E-state index contributed by atoms with van der Waals surface area (Å²) < 4.78 is 34.1. The van der Waals surface area contributed by atoms with Crippen molar-refractivity contribution in [2.45, 2.75) is 52.2 Å². The molecule has 4 aromatic rings. The Kier molecular flexibility index (Phi) is 8.35. The molecule has 6 nitrogen and oxygen atoms in total. The molecule has 8 heteroatoms. The molecule has 1 amide bonds. The van der Waals surface area contributed by atoms with Crippen LogP contribution in [0, 0.1) is 13.8 Å². The third kappa shape index (κ3) is 6.64. The predicted octanol–water partition coefficient (Wildman–Crippen LogP) is 6.55. The lowest BCUT2D eigenvalue weighted by molar-refractivity contribution is -0.115. The zero-order valence-corrected chi connectivity index (χ0v) is 22.3. The zero-order valence-electron chi connectivity index (χ0n) is 22.3. The Balaban J connectivity index is 1.42. The molecule has 1 aromatic heterocycles. The number of rotatable bonds is 9. The highest BCUT2D eigenvalue weighted by Gasteiger charge is 2.37. The largest absolute Gasteiger partial charge is 0.468 e. The number of benzene rings is 3. The molecule has 0 aliphatic rings. The first kappa shape index (κ1) is 27.9. The predicted molar refractivity (Wildman–Crippen MR) is 147 cm³/mol. The minimum atomic E-state index is -3.35. The molecule has 0 fully saturated rings. The number of nitrogens with one attached hydrogen (secondary N) is 1.